The van der Waals surface area contributed by atoms with E-state index in [2.05, 4.69) is 0 Å². The van der Waals surface area contributed by atoms with Gasteiger partial charge < -0.3 is 4.74 Å². The van der Waals surface area contributed by atoms with Crippen molar-refractivity contribution < 1.29 is 27.5 Å². The van der Waals surface area contributed by atoms with Crippen molar-refractivity contribution in [2.24, 2.45) is 0 Å². The lowest BCUT2D eigenvalue weighted by Gasteiger charge is -2.07. The summed E-state index contributed by atoms with van der Waals surface area (Å²) in [5, 5.41) is 0. The van der Waals surface area contributed by atoms with Gasteiger partial charge in [0.15, 0.2) is 5.78 Å². The molecule has 0 saturated heterocycles. The van der Waals surface area contributed by atoms with Gasteiger partial charge in [-0.05, 0) is 19.1 Å². The summed E-state index contributed by atoms with van der Waals surface area (Å²) in [7, 11) is 0. The Kier molecular flexibility index (Phi) is 5.88. The summed E-state index contributed by atoms with van der Waals surface area (Å²) >= 11 is 0. The summed E-state index contributed by atoms with van der Waals surface area (Å²) in [5.41, 5.74) is -0.723. The first-order valence-corrected chi connectivity index (χ1v) is 6.14. The molecule has 0 fully saturated rings. The normalized spacial score (nSPS) is 11.4. The number of ketones is 2. The van der Waals surface area contributed by atoms with Crippen molar-refractivity contribution >= 4 is 11.6 Å². The highest BCUT2D eigenvalue weighted by molar-refractivity contribution is 6.07. The van der Waals surface area contributed by atoms with Crippen molar-refractivity contribution in [3.05, 3.63) is 35.4 Å². The van der Waals surface area contributed by atoms with Crippen molar-refractivity contribution in [2.75, 3.05) is 13.2 Å². The first-order chi connectivity index (χ1) is 9.34. The molecule has 0 N–H and O–H groups in total. The second-order valence-electron chi connectivity index (χ2n) is 4.16. The lowest BCUT2D eigenvalue weighted by atomic mass is 10.0. The molecule has 0 aliphatic carbocycles. The molecular weight excluding hydrogens is 273 g/mol. The van der Waals surface area contributed by atoms with E-state index in [0.717, 1.165) is 24.3 Å². The van der Waals surface area contributed by atoms with Gasteiger partial charge in [-0.25, -0.2) is 0 Å². The average Bonchev–Trinajstić information content (AvgIpc) is 2.38. The van der Waals surface area contributed by atoms with Gasteiger partial charge in [0.1, 0.15) is 5.78 Å². The van der Waals surface area contributed by atoms with Crippen molar-refractivity contribution in [1.82, 2.24) is 0 Å². The Bertz CT molecular complexity index is 464. The van der Waals surface area contributed by atoms with Crippen LogP contribution in [0.4, 0.5) is 13.2 Å². The third-order valence-electron chi connectivity index (χ3n) is 2.62. The van der Waals surface area contributed by atoms with Crippen LogP contribution in [0.25, 0.3) is 0 Å². The minimum Gasteiger partial charge on any atom is -0.381 e. The SMILES string of the molecule is CCOCCC(=O)CC(=O)c1ccc(C(F)(F)F)cc1. The molecule has 0 radical (unpaired) electrons. The number of alkyl halides is 3. The Morgan fingerprint density at radius 3 is 2.25 bits per heavy atom. The van der Waals surface area contributed by atoms with Crippen molar-refractivity contribution in [3.63, 3.8) is 0 Å². The fourth-order valence-corrected chi connectivity index (χ4v) is 1.54. The van der Waals surface area contributed by atoms with Gasteiger partial charge in [-0.1, -0.05) is 12.1 Å². The first-order valence-electron chi connectivity index (χ1n) is 6.14. The van der Waals surface area contributed by atoms with E-state index in [0.29, 0.717) is 6.61 Å². The second-order valence-corrected chi connectivity index (χ2v) is 4.16. The van der Waals surface area contributed by atoms with E-state index in [-0.39, 0.29) is 30.8 Å². The zero-order chi connectivity index (χ0) is 15.2. The van der Waals surface area contributed by atoms with Crippen LogP contribution in [0.3, 0.4) is 0 Å². The monoisotopic (exact) mass is 288 g/mol. The highest BCUT2D eigenvalue weighted by Gasteiger charge is 2.30. The predicted octanol–water partition coefficient (Wildman–Crippen LogP) is 3.27. The standard InChI is InChI=1S/C14H15F3O3/c1-2-20-8-7-12(18)9-13(19)10-3-5-11(6-4-10)14(15,16)17/h3-6H,2,7-9H2,1H3. The largest absolute Gasteiger partial charge is 0.416 e. The van der Waals surface area contributed by atoms with E-state index in [4.69, 9.17) is 4.74 Å². The molecule has 0 aliphatic heterocycles. The van der Waals surface area contributed by atoms with E-state index in [1.165, 1.54) is 0 Å². The van der Waals surface area contributed by atoms with Crippen LogP contribution in [-0.2, 0) is 15.7 Å². The molecule has 1 aromatic rings. The van der Waals surface area contributed by atoms with Crippen LogP contribution in [-0.4, -0.2) is 24.8 Å². The highest BCUT2D eigenvalue weighted by atomic mass is 19.4. The fraction of sp³-hybridized carbons (Fsp3) is 0.429. The number of ether oxygens (including phenoxy) is 1. The Hall–Kier alpha value is -1.69. The molecule has 0 aromatic heterocycles. The smallest absolute Gasteiger partial charge is 0.381 e. The summed E-state index contributed by atoms with van der Waals surface area (Å²) in [6.07, 6.45) is -4.63. The molecule has 6 heteroatoms. The molecule has 20 heavy (non-hydrogen) atoms. The van der Waals surface area contributed by atoms with Crippen LogP contribution in [0.1, 0.15) is 35.7 Å². The molecule has 0 saturated carbocycles. The number of hydrogen-bond acceptors (Lipinski definition) is 3. The quantitative estimate of drug-likeness (QED) is 0.439. The molecule has 0 heterocycles. The number of carbonyl (C=O) groups excluding carboxylic acids is 2. The molecule has 0 atom stereocenters. The summed E-state index contributed by atoms with van der Waals surface area (Å²) in [6, 6.07) is 3.83. The number of carbonyl (C=O) groups is 2. The number of Topliss-reactive ketones (excluding diaryl/α,β-unsaturated/α-hetero) is 2. The molecule has 1 aromatic carbocycles. The zero-order valence-electron chi connectivity index (χ0n) is 11.0. The third kappa shape index (κ3) is 5.13. The molecular formula is C14H15F3O3. The van der Waals surface area contributed by atoms with Gasteiger partial charge in [0, 0.05) is 18.6 Å². The van der Waals surface area contributed by atoms with Crippen LogP contribution in [0.15, 0.2) is 24.3 Å². The fourth-order valence-electron chi connectivity index (χ4n) is 1.54. The molecule has 0 unspecified atom stereocenters. The van der Waals surface area contributed by atoms with E-state index in [1.54, 1.807) is 6.92 Å². The Morgan fingerprint density at radius 1 is 1.15 bits per heavy atom. The second kappa shape index (κ2) is 7.19. The number of benzene rings is 1. The number of hydrogen-bond donors (Lipinski definition) is 0. The molecule has 0 bridgehead atoms. The van der Waals surface area contributed by atoms with Gasteiger partial charge in [-0.15, -0.1) is 0 Å². The van der Waals surface area contributed by atoms with E-state index >= 15 is 0 Å². The van der Waals surface area contributed by atoms with Crippen molar-refractivity contribution in [1.29, 1.82) is 0 Å². The van der Waals surface area contributed by atoms with E-state index in [9.17, 15) is 22.8 Å². The molecule has 110 valence electrons. The highest BCUT2D eigenvalue weighted by Crippen LogP contribution is 2.29. The summed E-state index contributed by atoms with van der Waals surface area (Å²) < 4.78 is 42.0. The maximum absolute atomic E-state index is 12.4. The first kappa shape index (κ1) is 16.4. The molecule has 1 rings (SSSR count). The van der Waals surface area contributed by atoms with Gasteiger partial charge in [0.25, 0.3) is 0 Å². The maximum atomic E-state index is 12.4. The Morgan fingerprint density at radius 2 is 1.75 bits per heavy atom. The molecule has 0 spiro atoms. The number of halogens is 3. The van der Waals surface area contributed by atoms with E-state index in [1.807, 2.05) is 0 Å². The van der Waals surface area contributed by atoms with Crippen molar-refractivity contribution in [3.8, 4) is 0 Å². The zero-order valence-corrected chi connectivity index (χ0v) is 11.0. The lowest BCUT2D eigenvalue weighted by Crippen LogP contribution is -2.11. The third-order valence-corrected chi connectivity index (χ3v) is 2.62. The topological polar surface area (TPSA) is 43.4 Å². The minimum atomic E-state index is -4.44. The van der Waals surface area contributed by atoms with Crippen molar-refractivity contribution in [2.45, 2.75) is 25.9 Å². The summed E-state index contributed by atoms with van der Waals surface area (Å²) in [4.78, 5) is 23.2. The maximum Gasteiger partial charge on any atom is 0.416 e. The lowest BCUT2D eigenvalue weighted by molar-refractivity contribution is -0.137. The summed E-state index contributed by atoms with van der Waals surface area (Å²) in [5.74, 6) is -0.774. The van der Waals surface area contributed by atoms with E-state index < -0.39 is 17.5 Å². The average molecular weight is 288 g/mol. The molecule has 3 nitrogen and oxygen atoms in total. The van der Waals surface area contributed by atoms with Crippen LogP contribution in [0, 0.1) is 0 Å². The minimum absolute atomic E-state index is 0.0998. The van der Waals surface area contributed by atoms with Gasteiger partial charge in [-0.2, -0.15) is 13.2 Å². The van der Waals surface area contributed by atoms with Crippen LogP contribution in [0.5, 0.6) is 0 Å². The number of rotatable bonds is 7. The molecule has 0 amide bonds. The van der Waals surface area contributed by atoms with Crippen LogP contribution in [0.2, 0.25) is 0 Å². The predicted molar refractivity (Wildman–Crippen MR) is 66.5 cm³/mol. The van der Waals surface area contributed by atoms with Gasteiger partial charge in [-0.3, -0.25) is 9.59 Å². The van der Waals surface area contributed by atoms with Crippen LogP contribution < -0.4 is 0 Å². The molecule has 0 aliphatic rings. The van der Waals surface area contributed by atoms with Crippen LogP contribution >= 0.6 is 0 Å². The Balaban J connectivity index is 2.58. The van der Waals surface area contributed by atoms with Gasteiger partial charge in [0.2, 0.25) is 0 Å². The van der Waals surface area contributed by atoms with Gasteiger partial charge in [0.05, 0.1) is 18.6 Å². The Labute approximate surface area is 114 Å². The van der Waals surface area contributed by atoms with Gasteiger partial charge >= 0.3 is 6.18 Å². The summed E-state index contributed by atoms with van der Waals surface area (Å²) in [6.45, 7) is 2.52.